The smallest absolute Gasteiger partial charge is 0.408 e. The van der Waals surface area contributed by atoms with Crippen LogP contribution in [0.3, 0.4) is 0 Å². The van der Waals surface area contributed by atoms with Crippen LogP contribution in [0.25, 0.3) is 22.0 Å². The molecule has 2 aromatic heterocycles. The van der Waals surface area contributed by atoms with Gasteiger partial charge in [0.1, 0.15) is 29.0 Å². The number of halogens is 1. The summed E-state index contributed by atoms with van der Waals surface area (Å²) in [6, 6.07) is 28.4. The first-order chi connectivity index (χ1) is 24.1. The van der Waals surface area contributed by atoms with Crippen molar-refractivity contribution in [2.24, 2.45) is 5.16 Å². The summed E-state index contributed by atoms with van der Waals surface area (Å²) in [7, 11) is 0. The van der Waals surface area contributed by atoms with Crippen LogP contribution in [0.15, 0.2) is 107 Å². The van der Waals surface area contributed by atoms with Crippen LogP contribution in [-0.4, -0.2) is 65.6 Å². The van der Waals surface area contributed by atoms with Crippen LogP contribution in [0.5, 0.6) is 0 Å². The molecule has 1 fully saturated rings. The van der Waals surface area contributed by atoms with Gasteiger partial charge in [0.05, 0.1) is 11.1 Å². The highest BCUT2D eigenvalue weighted by atomic mass is 79.9. The van der Waals surface area contributed by atoms with Crippen molar-refractivity contribution >= 4 is 56.2 Å². The van der Waals surface area contributed by atoms with E-state index >= 15 is 0 Å². The molecule has 0 saturated carbocycles. The number of fused-ring (bicyclic) bond motifs is 5. The molecule has 1 aliphatic carbocycles. The monoisotopic (exact) mass is 732 g/mol. The zero-order chi connectivity index (χ0) is 34.8. The number of piperazine rings is 1. The van der Waals surface area contributed by atoms with Crippen molar-refractivity contribution in [3.63, 3.8) is 0 Å². The molecule has 1 N–H and O–H groups in total. The van der Waals surface area contributed by atoms with Gasteiger partial charge in [-0.3, -0.25) is 0 Å². The summed E-state index contributed by atoms with van der Waals surface area (Å²) in [6.45, 7) is 8.25. The zero-order valence-electron chi connectivity index (χ0n) is 28.1. The van der Waals surface area contributed by atoms with Crippen molar-refractivity contribution in [3.05, 3.63) is 118 Å². The van der Waals surface area contributed by atoms with Crippen LogP contribution in [0.2, 0.25) is 0 Å². The summed E-state index contributed by atoms with van der Waals surface area (Å²) in [5.41, 5.74) is 5.06. The van der Waals surface area contributed by atoms with E-state index in [4.69, 9.17) is 14.6 Å². The van der Waals surface area contributed by atoms with Gasteiger partial charge in [-0.1, -0.05) is 81.7 Å². The van der Waals surface area contributed by atoms with Crippen molar-refractivity contribution < 1.29 is 19.2 Å². The molecule has 10 nitrogen and oxygen atoms in total. The highest BCUT2D eigenvalue weighted by molar-refractivity contribution is 9.10. The maximum absolute atomic E-state index is 13.8. The Balaban J connectivity index is 1.26. The first kappa shape index (κ1) is 33.2. The standard InChI is InChI=1S/C39H37BrN6O4/c1-39(2,3)49-38(48)43-31(23-25-11-5-4-6-12-25)37(47)50-44-35-28-14-8-7-13-27(28)33-29-24-26(40)16-17-30(29)42-36(34(33)35)46-21-19-45(20-22-46)32-15-9-10-18-41-32/h4-18,24,31H,19-23H2,1-3H3,(H,43,48)/b44-35+. The Morgan fingerprint density at radius 2 is 1.58 bits per heavy atom. The average Bonchev–Trinajstić information content (AvgIpc) is 3.45. The van der Waals surface area contributed by atoms with Crippen LogP contribution in [0.4, 0.5) is 16.4 Å². The lowest BCUT2D eigenvalue weighted by Gasteiger charge is -2.37. The number of aromatic nitrogens is 2. The number of benzene rings is 3. The predicted octanol–water partition coefficient (Wildman–Crippen LogP) is 7.13. The Hall–Kier alpha value is -5.29. The molecule has 1 atom stereocenters. The minimum absolute atomic E-state index is 0.197. The molecule has 1 aliphatic heterocycles. The number of alkyl carbamates (subject to hydrolysis) is 1. The van der Waals surface area contributed by atoms with Gasteiger partial charge in [-0.05, 0) is 62.2 Å². The number of nitrogens with zero attached hydrogens (tertiary/aromatic N) is 5. The van der Waals surface area contributed by atoms with Crippen molar-refractivity contribution in [1.29, 1.82) is 0 Å². The van der Waals surface area contributed by atoms with Gasteiger partial charge in [0, 0.05) is 59.8 Å². The first-order valence-electron chi connectivity index (χ1n) is 16.6. The lowest BCUT2D eigenvalue weighted by Crippen LogP contribution is -2.47. The number of hydrogen-bond acceptors (Lipinski definition) is 9. The second kappa shape index (κ2) is 13.9. The molecule has 2 aliphatic rings. The van der Waals surface area contributed by atoms with Gasteiger partial charge in [0.25, 0.3) is 0 Å². The third-order valence-corrected chi connectivity index (χ3v) is 9.15. The molecule has 1 unspecified atom stereocenters. The van der Waals surface area contributed by atoms with Gasteiger partial charge in [0.15, 0.2) is 0 Å². The van der Waals surface area contributed by atoms with E-state index in [2.05, 4.69) is 53.3 Å². The number of amides is 1. The lowest BCUT2D eigenvalue weighted by atomic mass is 10.0. The van der Waals surface area contributed by atoms with E-state index in [-0.39, 0.29) is 6.42 Å². The Morgan fingerprint density at radius 1 is 0.880 bits per heavy atom. The molecule has 3 heterocycles. The molecule has 254 valence electrons. The second-order valence-corrected chi connectivity index (χ2v) is 14.2. The van der Waals surface area contributed by atoms with Crippen molar-refractivity contribution in [1.82, 2.24) is 15.3 Å². The van der Waals surface area contributed by atoms with E-state index < -0.39 is 23.7 Å². The van der Waals surface area contributed by atoms with Crippen molar-refractivity contribution in [3.8, 4) is 11.1 Å². The Morgan fingerprint density at radius 3 is 2.30 bits per heavy atom. The Kier molecular flexibility index (Phi) is 9.24. The summed E-state index contributed by atoms with van der Waals surface area (Å²) in [5, 5.41) is 8.24. The summed E-state index contributed by atoms with van der Waals surface area (Å²) >= 11 is 3.66. The largest absolute Gasteiger partial charge is 0.444 e. The molecule has 11 heteroatoms. The maximum atomic E-state index is 13.8. The van der Waals surface area contributed by atoms with Gasteiger partial charge in [-0.2, -0.15) is 0 Å². The predicted molar refractivity (Wildman–Crippen MR) is 199 cm³/mol. The molecule has 1 saturated heterocycles. The Bertz CT molecular complexity index is 2080. The molecule has 0 bridgehead atoms. The van der Waals surface area contributed by atoms with E-state index in [9.17, 15) is 9.59 Å². The summed E-state index contributed by atoms with van der Waals surface area (Å²) in [4.78, 5) is 46.7. The van der Waals surface area contributed by atoms with E-state index in [0.717, 1.165) is 67.9 Å². The second-order valence-electron chi connectivity index (χ2n) is 13.3. The third kappa shape index (κ3) is 7.04. The molecular weight excluding hydrogens is 696 g/mol. The van der Waals surface area contributed by atoms with Crippen molar-refractivity contribution in [2.45, 2.75) is 38.8 Å². The quantitative estimate of drug-likeness (QED) is 0.136. The number of pyridine rings is 2. The molecule has 1 amide bonds. The topological polar surface area (TPSA) is 109 Å². The van der Waals surface area contributed by atoms with Crippen molar-refractivity contribution in [2.75, 3.05) is 36.0 Å². The first-order valence-corrected chi connectivity index (χ1v) is 17.4. The highest BCUT2D eigenvalue weighted by Gasteiger charge is 2.35. The lowest BCUT2D eigenvalue weighted by molar-refractivity contribution is -0.146. The van der Waals surface area contributed by atoms with Crippen LogP contribution in [0, 0.1) is 0 Å². The fourth-order valence-corrected chi connectivity index (χ4v) is 6.79. The number of oxime groups is 1. The molecular formula is C39H37BrN6O4. The Labute approximate surface area is 299 Å². The minimum Gasteiger partial charge on any atom is -0.444 e. The van der Waals surface area contributed by atoms with E-state index in [1.165, 1.54) is 0 Å². The zero-order valence-corrected chi connectivity index (χ0v) is 29.7. The molecule has 0 spiro atoms. The van der Waals surface area contributed by atoms with Crippen LogP contribution in [0.1, 0.15) is 37.5 Å². The minimum atomic E-state index is -1.04. The number of hydrogen-bond donors (Lipinski definition) is 1. The fourth-order valence-electron chi connectivity index (χ4n) is 6.43. The number of carbonyl (C=O) groups is 2. The fraction of sp³-hybridized carbons (Fsp3) is 0.256. The molecule has 7 rings (SSSR count). The van der Waals surface area contributed by atoms with Crippen LogP contribution < -0.4 is 15.1 Å². The molecule has 3 aromatic carbocycles. The number of carbonyl (C=O) groups excluding carboxylic acids is 2. The van der Waals surface area contributed by atoms with Gasteiger partial charge >= 0.3 is 12.1 Å². The van der Waals surface area contributed by atoms with E-state index in [1.54, 1.807) is 20.8 Å². The molecule has 0 radical (unpaired) electrons. The summed E-state index contributed by atoms with van der Waals surface area (Å²) < 4.78 is 6.41. The van der Waals surface area contributed by atoms with Crippen LogP contribution in [-0.2, 0) is 20.8 Å². The SMILES string of the molecule is CC(C)(C)OC(=O)NC(Cc1ccccc1)C(=O)O/N=C1\c2ccccc2-c2c1c(N1CCN(c3ccccn3)CC1)nc1ccc(Br)cc21. The molecule has 5 aromatic rings. The van der Waals surface area contributed by atoms with Gasteiger partial charge in [0.2, 0.25) is 0 Å². The highest BCUT2D eigenvalue weighted by Crippen LogP contribution is 2.46. The average molecular weight is 734 g/mol. The summed E-state index contributed by atoms with van der Waals surface area (Å²) in [6.07, 6.45) is 1.29. The van der Waals surface area contributed by atoms with Gasteiger partial charge < -0.3 is 24.7 Å². The summed E-state index contributed by atoms with van der Waals surface area (Å²) in [5.74, 6) is 1.01. The number of rotatable bonds is 7. The number of nitrogens with one attached hydrogen (secondary N) is 1. The number of ether oxygens (including phenoxy) is 1. The van der Waals surface area contributed by atoms with Crippen LogP contribution >= 0.6 is 15.9 Å². The molecule has 50 heavy (non-hydrogen) atoms. The van der Waals surface area contributed by atoms with E-state index in [0.29, 0.717) is 18.8 Å². The normalized spacial score (nSPS) is 15.4. The number of anilines is 2. The van der Waals surface area contributed by atoms with E-state index in [1.807, 2.05) is 85.1 Å². The van der Waals surface area contributed by atoms with Gasteiger partial charge in [-0.25, -0.2) is 19.6 Å². The van der Waals surface area contributed by atoms with Gasteiger partial charge in [-0.15, -0.1) is 0 Å². The third-order valence-electron chi connectivity index (χ3n) is 8.65. The maximum Gasteiger partial charge on any atom is 0.408 e.